The van der Waals surface area contributed by atoms with E-state index in [1.807, 2.05) is 53.2 Å². The minimum Gasteiger partial charge on any atom is -0.354 e. The first kappa shape index (κ1) is 29.2. The van der Waals surface area contributed by atoms with Crippen molar-refractivity contribution in [2.75, 3.05) is 35.2 Å². The number of fused-ring (bicyclic) bond motifs is 1. The molecule has 2 aromatic carbocycles. The molecule has 6 rings (SSSR count). The van der Waals surface area contributed by atoms with Gasteiger partial charge >= 0.3 is 0 Å². The fraction of sp³-hybridized carbons (Fsp3) is 0.267. The van der Waals surface area contributed by atoms with Crippen molar-refractivity contribution in [3.05, 3.63) is 83.7 Å². The number of sulfonamides is 1. The molecule has 0 saturated carbocycles. The third kappa shape index (κ3) is 7.02. The summed E-state index contributed by atoms with van der Waals surface area (Å²) in [5.41, 5.74) is 0.902. The summed E-state index contributed by atoms with van der Waals surface area (Å²) in [6.07, 6.45) is 4.31. The number of thiazole rings is 1. The largest absolute Gasteiger partial charge is 0.354 e. The fourth-order valence-corrected chi connectivity index (χ4v) is 7.69. The van der Waals surface area contributed by atoms with Crippen LogP contribution in [0.3, 0.4) is 0 Å². The van der Waals surface area contributed by atoms with Gasteiger partial charge in [0.15, 0.2) is 0 Å². The van der Waals surface area contributed by atoms with Crippen molar-refractivity contribution in [3.8, 4) is 9.88 Å². The van der Waals surface area contributed by atoms with Gasteiger partial charge in [-0.2, -0.15) is 15.0 Å². The van der Waals surface area contributed by atoms with Crippen LogP contribution >= 0.6 is 22.7 Å². The zero-order valence-corrected chi connectivity index (χ0v) is 25.9. The number of hydrogen-bond acceptors (Lipinski definition) is 11. The van der Waals surface area contributed by atoms with Crippen LogP contribution in [0.15, 0.2) is 82.9 Å². The lowest BCUT2D eigenvalue weighted by Crippen LogP contribution is -2.41. The summed E-state index contributed by atoms with van der Waals surface area (Å²) >= 11 is 3.28. The molecule has 0 spiro atoms. The van der Waals surface area contributed by atoms with Crippen LogP contribution in [-0.4, -0.2) is 54.0 Å². The Balaban J connectivity index is 1.17. The number of aromatic nitrogens is 4. The van der Waals surface area contributed by atoms with Crippen LogP contribution in [0.4, 0.5) is 17.8 Å². The maximum absolute atomic E-state index is 13.2. The lowest BCUT2D eigenvalue weighted by Gasteiger charge is -2.25. The summed E-state index contributed by atoms with van der Waals surface area (Å²) in [6, 6.07) is 16.9. The van der Waals surface area contributed by atoms with Crippen LogP contribution in [0.5, 0.6) is 0 Å². The van der Waals surface area contributed by atoms with E-state index in [1.54, 1.807) is 34.8 Å². The topological polar surface area (TPSA) is 125 Å². The van der Waals surface area contributed by atoms with Gasteiger partial charge in [-0.25, -0.2) is 18.1 Å². The second kappa shape index (κ2) is 13.2. The maximum atomic E-state index is 13.2. The molecule has 1 saturated heterocycles. The van der Waals surface area contributed by atoms with Crippen molar-refractivity contribution in [2.24, 2.45) is 0 Å². The van der Waals surface area contributed by atoms with E-state index in [2.05, 4.69) is 37.9 Å². The number of nitrogens with zero attached hydrogens (tertiary/aromatic N) is 5. The van der Waals surface area contributed by atoms with E-state index in [0.29, 0.717) is 37.5 Å². The summed E-state index contributed by atoms with van der Waals surface area (Å²) in [5, 5.41) is 13.5. The highest BCUT2D eigenvalue weighted by atomic mass is 32.2. The molecule has 43 heavy (non-hydrogen) atoms. The fourth-order valence-electron chi connectivity index (χ4n) is 4.94. The van der Waals surface area contributed by atoms with E-state index >= 15 is 0 Å². The van der Waals surface area contributed by atoms with E-state index in [4.69, 9.17) is 15.0 Å². The van der Waals surface area contributed by atoms with Crippen LogP contribution in [0.1, 0.15) is 25.0 Å². The highest BCUT2D eigenvalue weighted by Gasteiger charge is 2.29. The van der Waals surface area contributed by atoms with Crippen molar-refractivity contribution >= 4 is 61.3 Å². The third-order valence-corrected chi connectivity index (χ3v) is 10.5. The molecule has 3 aromatic heterocycles. The van der Waals surface area contributed by atoms with Gasteiger partial charge in [0.1, 0.15) is 5.01 Å². The Kier molecular flexibility index (Phi) is 8.93. The van der Waals surface area contributed by atoms with Gasteiger partial charge in [-0.15, -0.1) is 29.3 Å². The summed E-state index contributed by atoms with van der Waals surface area (Å²) in [6.45, 7) is 5.85. The van der Waals surface area contributed by atoms with Gasteiger partial charge in [0.2, 0.25) is 27.9 Å². The van der Waals surface area contributed by atoms with Crippen molar-refractivity contribution in [1.29, 1.82) is 0 Å². The molecule has 0 unspecified atom stereocenters. The number of hydrogen-bond donors (Lipinski definition) is 3. The second-order valence-corrected chi connectivity index (χ2v) is 13.7. The molecule has 1 fully saturated rings. The molecule has 0 aliphatic carbocycles. The van der Waals surface area contributed by atoms with Crippen LogP contribution in [0.25, 0.3) is 20.7 Å². The molecule has 1 atom stereocenters. The molecule has 3 N–H and O–H groups in total. The molecule has 5 aromatic rings. The van der Waals surface area contributed by atoms with Gasteiger partial charge in [0, 0.05) is 31.1 Å². The third-order valence-electron chi connectivity index (χ3n) is 7.14. The number of rotatable bonds is 13. The quantitative estimate of drug-likeness (QED) is 0.110. The Bertz CT molecular complexity index is 1810. The zero-order valence-electron chi connectivity index (χ0n) is 23.4. The van der Waals surface area contributed by atoms with Gasteiger partial charge in [-0.1, -0.05) is 42.5 Å². The molecule has 222 valence electrons. The first-order valence-electron chi connectivity index (χ1n) is 14.1. The highest BCUT2D eigenvalue weighted by molar-refractivity contribution is 7.89. The lowest BCUT2D eigenvalue weighted by molar-refractivity contribution is 0.565. The SMILES string of the molecule is C=CCCNc1nc(NCc2csc(-c3cccs3)n2)nc(N2CCC[C@@H]2CNS(=O)(=O)c2ccc3ccccc3c2)n1. The molecule has 13 heteroatoms. The first-order valence-corrected chi connectivity index (χ1v) is 17.3. The molecule has 4 heterocycles. The van der Waals surface area contributed by atoms with Gasteiger partial charge in [0.25, 0.3) is 0 Å². The average molecular weight is 633 g/mol. The number of thiophene rings is 1. The Morgan fingerprint density at radius 3 is 2.63 bits per heavy atom. The Morgan fingerprint density at radius 1 is 0.977 bits per heavy atom. The van der Waals surface area contributed by atoms with Crippen LogP contribution in [0.2, 0.25) is 0 Å². The summed E-state index contributed by atoms with van der Waals surface area (Å²) < 4.78 is 29.3. The van der Waals surface area contributed by atoms with Crippen LogP contribution < -0.4 is 20.3 Å². The molecular formula is C30H32N8O2S3. The molecule has 0 bridgehead atoms. The molecule has 1 aliphatic rings. The highest BCUT2D eigenvalue weighted by Crippen LogP contribution is 2.29. The van der Waals surface area contributed by atoms with E-state index in [0.717, 1.165) is 45.6 Å². The standard InChI is InChI=1S/C30H32N8O2S3/c1-2-3-14-31-28-35-29(32-18-23-20-42-27(34-23)26-11-7-16-41-26)37-30(36-28)38-15-6-10-24(38)19-33-43(39,40)25-13-12-21-8-4-5-9-22(21)17-25/h2,4-5,7-9,11-13,16-17,20,24,33H,1,3,6,10,14-15,18-19H2,(H2,31,32,35,36,37)/t24-/m1/s1. The average Bonchev–Trinajstić information content (AvgIpc) is 3.81. The van der Waals surface area contributed by atoms with Crippen molar-refractivity contribution < 1.29 is 8.42 Å². The predicted molar refractivity (Wildman–Crippen MR) is 175 cm³/mol. The van der Waals surface area contributed by atoms with Gasteiger partial charge in [-0.05, 0) is 53.6 Å². The van der Waals surface area contributed by atoms with Gasteiger partial charge in [0.05, 0.1) is 22.0 Å². The maximum Gasteiger partial charge on any atom is 0.240 e. The predicted octanol–water partition coefficient (Wildman–Crippen LogP) is 5.76. The molecule has 1 aliphatic heterocycles. The number of nitrogens with one attached hydrogen (secondary N) is 3. The smallest absolute Gasteiger partial charge is 0.240 e. The van der Waals surface area contributed by atoms with E-state index in [-0.39, 0.29) is 17.5 Å². The molecule has 0 radical (unpaired) electrons. The van der Waals surface area contributed by atoms with Crippen LogP contribution in [0, 0.1) is 0 Å². The van der Waals surface area contributed by atoms with Gasteiger partial charge in [-0.3, -0.25) is 0 Å². The van der Waals surface area contributed by atoms with Crippen LogP contribution in [-0.2, 0) is 16.6 Å². The van der Waals surface area contributed by atoms with Crippen molar-refractivity contribution in [1.82, 2.24) is 24.7 Å². The molecular weight excluding hydrogens is 601 g/mol. The first-order chi connectivity index (χ1) is 21.0. The normalized spacial score (nSPS) is 15.2. The van der Waals surface area contributed by atoms with Crippen molar-refractivity contribution in [2.45, 2.75) is 36.7 Å². The summed E-state index contributed by atoms with van der Waals surface area (Å²) in [5.74, 6) is 1.39. The zero-order chi connectivity index (χ0) is 29.6. The van der Waals surface area contributed by atoms with E-state index in [1.165, 1.54) is 0 Å². The number of benzene rings is 2. The Labute approximate surface area is 259 Å². The van der Waals surface area contributed by atoms with Crippen molar-refractivity contribution in [3.63, 3.8) is 0 Å². The molecule has 10 nitrogen and oxygen atoms in total. The van der Waals surface area contributed by atoms with Gasteiger partial charge < -0.3 is 15.5 Å². The lowest BCUT2D eigenvalue weighted by atomic mass is 10.1. The Morgan fingerprint density at radius 2 is 1.81 bits per heavy atom. The summed E-state index contributed by atoms with van der Waals surface area (Å²) in [7, 11) is -3.70. The minimum atomic E-state index is -3.70. The van der Waals surface area contributed by atoms with E-state index < -0.39 is 10.0 Å². The van der Waals surface area contributed by atoms with E-state index in [9.17, 15) is 8.42 Å². The Hall–Kier alpha value is -3.91. The number of anilines is 3. The second-order valence-electron chi connectivity index (χ2n) is 10.1. The minimum absolute atomic E-state index is 0.0987. The molecule has 0 amide bonds. The monoisotopic (exact) mass is 632 g/mol. The summed E-state index contributed by atoms with van der Waals surface area (Å²) in [4.78, 5) is 22.2.